The third-order valence-corrected chi connectivity index (χ3v) is 5.37. The predicted octanol–water partition coefficient (Wildman–Crippen LogP) is 3.78. The molecule has 5 nitrogen and oxygen atoms in total. The number of anilines is 1. The third-order valence-electron chi connectivity index (χ3n) is 2.82. The fourth-order valence-corrected chi connectivity index (χ4v) is 3.47. The highest BCUT2D eigenvalue weighted by Gasteiger charge is 2.17. The van der Waals surface area contributed by atoms with E-state index in [2.05, 4.69) is 30.6 Å². The van der Waals surface area contributed by atoms with Crippen LogP contribution in [0, 0.1) is 0 Å². The Morgan fingerprint density at radius 3 is 2.67 bits per heavy atom. The first-order chi connectivity index (χ1) is 9.95. The van der Waals surface area contributed by atoms with Gasteiger partial charge in [-0.3, -0.25) is 0 Å². The van der Waals surface area contributed by atoms with Crippen LogP contribution in [-0.2, 0) is 10.0 Å². The van der Waals surface area contributed by atoms with Crippen LogP contribution in [0.3, 0.4) is 0 Å². The molecule has 2 N–H and O–H groups in total. The Bertz CT molecular complexity index is 891. The normalized spacial score (nSPS) is 11.7. The lowest BCUT2D eigenvalue weighted by molar-refractivity contribution is 0.601. The van der Waals surface area contributed by atoms with Crippen molar-refractivity contribution in [2.24, 2.45) is 0 Å². The Balaban J connectivity index is 1.96. The molecule has 0 fully saturated rings. The number of sulfonamides is 1. The summed E-state index contributed by atoms with van der Waals surface area (Å²) in [7, 11) is -3.73. The molecule has 3 aromatic rings. The van der Waals surface area contributed by atoms with E-state index >= 15 is 0 Å². The molecule has 0 spiro atoms. The number of aromatic nitrogens is 2. The molecule has 21 heavy (non-hydrogen) atoms. The van der Waals surface area contributed by atoms with Crippen LogP contribution in [0.5, 0.6) is 0 Å². The average molecular weight is 387 g/mol. The van der Waals surface area contributed by atoms with Gasteiger partial charge in [-0.05, 0) is 46.3 Å². The zero-order valence-corrected chi connectivity index (χ0v) is 13.6. The standard InChI is InChI=1S/C13H9BrClN3O2S/c14-9-7-8(5-6-10(9)15)21(19,20)18-13-16-11-3-1-2-4-12(11)17-13/h1-7H,(H2,16,17,18). The van der Waals surface area contributed by atoms with Crippen molar-refractivity contribution in [3.8, 4) is 0 Å². The number of nitrogens with one attached hydrogen (secondary N) is 2. The van der Waals surface area contributed by atoms with Crippen molar-refractivity contribution in [2.45, 2.75) is 4.90 Å². The molecular weight excluding hydrogens is 378 g/mol. The number of H-pyrrole nitrogens is 1. The Kier molecular flexibility index (Phi) is 3.64. The summed E-state index contributed by atoms with van der Waals surface area (Å²) in [5.74, 6) is 0.169. The highest BCUT2D eigenvalue weighted by molar-refractivity contribution is 9.10. The minimum atomic E-state index is -3.73. The smallest absolute Gasteiger partial charge is 0.264 e. The second-order valence-electron chi connectivity index (χ2n) is 4.28. The van der Waals surface area contributed by atoms with Gasteiger partial charge in [0.15, 0.2) is 0 Å². The number of fused-ring (bicyclic) bond motifs is 1. The summed E-state index contributed by atoms with van der Waals surface area (Å²) in [6, 6.07) is 11.7. The van der Waals surface area contributed by atoms with Crippen LogP contribution in [0.2, 0.25) is 5.02 Å². The SMILES string of the molecule is O=S(=O)(Nc1nc2ccccc2[nH]1)c1ccc(Cl)c(Br)c1. The Morgan fingerprint density at radius 1 is 1.19 bits per heavy atom. The van der Waals surface area contributed by atoms with Crippen molar-refractivity contribution in [1.82, 2.24) is 9.97 Å². The third kappa shape index (κ3) is 2.90. The fourth-order valence-electron chi connectivity index (χ4n) is 1.83. The van der Waals surface area contributed by atoms with Crippen molar-refractivity contribution < 1.29 is 8.42 Å². The van der Waals surface area contributed by atoms with Gasteiger partial charge < -0.3 is 4.98 Å². The summed E-state index contributed by atoms with van der Waals surface area (Å²) in [5, 5.41) is 0.442. The molecule has 0 unspecified atom stereocenters. The quantitative estimate of drug-likeness (QED) is 0.719. The van der Waals surface area contributed by atoms with Crippen LogP contribution in [0.15, 0.2) is 51.8 Å². The van der Waals surface area contributed by atoms with Gasteiger partial charge in [-0.15, -0.1) is 0 Å². The molecule has 0 aliphatic heterocycles. The zero-order chi connectivity index (χ0) is 15.0. The molecular formula is C13H9BrClN3O2S. The van der Waals surface area contributed by atoms with Crippen LogP contribution >= 0.6 is 27.5 Å². The van der Waals surface area contributed by atoms with E-state index < -0.39 is 10.0 Å². The molecule has 0 bridgehead atoms. The van der Waals surface area contributed by atoms with E-state index in [1.807, 2.05) is 18.2 Å². The average Bonchev–Trinajstić information content (AvgIpc) is 2.82. The number of nitrogens with zero attached hydrogens (tertiary/aromatic N) is 1. The maximum Gasteiger partial charge on any atom is 0.264 e. The summed E-state index contributed by atoms with van der Waals surface area (Å²) in [6.45, 7) is 0. The van der Waals surface area contributed by atoms with Crippen LogP contribution in [0.1, 0.15) is 0 Å². The molecule has 0 saturated carbocycles. The Morgan fingerprint density at radius 2 is 1.95 bits per heavy atom. The van der Waals surface area contributed by atoms with Crippen LogP contribution in [0.4, 0.5) is 5.95 Å². The van der Waals surface area contributed by atoms with Crippen LogP contribution in [-0.4, -0.2) is 18.4 Å². The van der Waals surface area contributed by atoms with Gasteiger partial charge >= 0.3 is 0 Å². The fraction of sp³-hybridized carbons (Fsp3) is 0. The second-order valence-corrected chi connectivity index (χ2v) is 7.23. The molecule has 2 aromatic carbocycles. The monoisotopic (exact) mass is 385 g/mol. The maximum absolute atomic E-state index is 12.3. The lowest BCUT2D eigenvalue weighted by Crippen LogP contribution is -2.13. The molecule has 0 radical (unpaired) electrons. The van der Waals surface area contributed by atoms with Crippen molar-refractivity contribution in [3.05, 3.63) is 52.0 Å². The zero-order valence-electron chi connectivity index (χ0n) is 10.5. The van der Waals surface area contributed by atoms with Crippen molar-refractivity contribution >= 4 is 54.5 Å². The van der Waals surface area contributed by atoms with E-state index in [1.54, 1.807) is 6.07 Å². The van der Waals surface area contributed by atoms with E-state index in [9.17, 15) is 8.42 Å². The molecule has 0 aliphatic carbocycles. The van der Waals surface area contributed by atoms with Gasteiger partial charge in [-0.2, -0.15) is 0 Å². The van der Waals surface area contributed by atoms with Crippen molar-refractivity contribution in [2.75, 3.05) is 4.72 Å². The van der Waals surface area contributed by atoms with E-state index in [0.29, 0.717) is 15.0 Å². The van der Waals surface area contributed by atoms with E-state index in [1.165, 1.54) is 18.2 Å². The number of benzene rings is 2. The van der Waals surface area contributed by atoms with Gasteiger partial charge in [-0.1, -0.05) is 23.7 Å². The Hall–Kier alpha value is -1.57. The molecule has 0 saturated heterocycles. The number of rotatable bonds is 3. The van der Waals surface area contributed by atoms with E-state index in [4.69, 9.17) is 11.6 Å². The summed E-state index contributed by atoms with van der Waals surface area (Å²) >= 11 is 9.07. The molecule has 0 aliphatic rings. The number of imidazole rings is 1. The van der Waals surface area contributed by atoms with E-state index in [-0.39, 0.29) is 10.8 Å². The van der Waals surface area contributed by atoms with Crippen molar-refractivity contribution in [3.63, 3.8) is 0 Å². The number of halogens is 2. The minimum absolute atomic E-state index is 0.0965. The second kappa shape index (κ2) is 5.32. The Labute approximate surface area is 134 Å². The van der Waals surface area contributed by atoms with Crippen molar-refractivity contribution in [1.29, 1.82) is 0 Å². The molecule has 8 heteroatoms. The summed E-state index contributed by atoms with van der Waals surface area (Å²) in [4.78, 5) is 7.18. The van der Waals surface area contributed by atoms with E-state index in [0.717, 1.165) is 5.52 Å². The van der Waals surface area contributed by atoms with Gasteiger partial charge in [0.25, 0.3) is 10.0 Å². The van der Waals surface area contributed by atoms with Crippen LogP contribution < -0.4 is 4.72 Å². The molecule has 3 rings (SSSR count). The summed E-state index contributed by atoms with van der Waals surface area (Å²) in [6.07, 6.45) is 0. The first-order valence-corrected chi connectivity index (χ1v) is 8.54. The maximum atomic E-state index is 12.3. The summed E-state index contributed by atoms with van der Waals surface area (Å²) in [5.41, 5.74) is 1.44. The predicted molar refractivity (Wildman–Crippen MR) is 86.1 cm³/mol. The number of para-hydroxylation sites is 2. The number of hydrogen-bond acceptors (Lipinski definition) is 3. The topological polar surface area (TPSA) is 74.8 Å². The lowest BCUT2D eigenvalue weighted by Gasteiger charge is -2.06. The van der Waals surface area contributed by atoms with Gasteiger partial charge in [0.05, 0.1) is 21.0 Å². The first kappa shape index (κ1) is 14.4. The van der Waals surface area contributed by atoms with Gasteiger partial charge in [0.2, 0.25) is 5.95 Å². The number of hydrogen-bond donors (Lipinski definition) is 2. The molecule has 108 valence electrons. The lowest BCUT2D eigenvalue weighted by atomic mass is 10.3. The molecule has 1 aromatic heterocycles. The first-order valence-electron chi connectivity index (χ1n) is 5.88. The largest absolute Gasteiger partial charge is 0.323 e. The molecule has 0 amide bonds. The molecule has 1 heterocycles. The molecule has 0 atom stereocenters. The van der Waals surface area contributed by atoms with Gasteiger partial charge in [-0.25, -0.2) is 18.1 Å². The number of aromatic amines is 1. The minimum Gasteiger partial charge on any atom is -0.323 e. The highest BCUT2D eigenvalue weighted by atomic mass is 79.9. The highest BCUT2D eigenvalue weighted by Crippen LogP contribution is 2.26. The summed E-state index contributed by atoms with van der Waals surface area (Å²) < 4.78 is 27.5. The van der Waals surface area contributed by atoms with Crippen LogP contribution in [0.25, 0.3) is 11.0 Å². The van der Waals surface area contributed by atoms with Gasteiger partial charge in [0.1, 0.15) is 0 Å². The van der Waals surface area contributed by atoms with Gasteiger partial charge in [0, 0.05) is 4.47 Å².